The standard InChI is InChI=1S/C14H22N2O4S/c1-2-20-13(18)11-4-3-6-16(10-11)12(17)5-7-15-8-9-21-14(15)19/h11H,2-10H2,1H3/t11-/m1/s1. The lowest BCUT2D eigenvalue weighted by Gasteiger charge is -2.32. The Morgan fingerprint density at radius 3 is 2.86 bits per heavy atom. The third kappa shape index (κ3) is 4.36. The van der Waals surface area contributed by atoms with E-state index in [0.29, 0.717) is 32.7 Å². The van der Waals surface area contributed by atoms with Gasteiger partial charge in [0.15, 0.2) is 0 Å². The summed E-state index contributed by atoms with van der Waals surface area (Å²) in [6.07, 6.45) is 1.94. The highest BCUT2D eigenvalue weighted by Crippen LogP contribution is 2.20. The van der Waals surface area contributed by atoms with Crippen molar-refractivity contribution in [3.63, 3.8) is 0 Å². The number of carbonyl (C=O) groups excluding carboxylic acids is 3. The van der Waals surface area contributed by atoms with Crippen molar-refractivity contribution in [2.45, 2.75) is 26.2 Å². The van der Waals surface area contributed by atoms with E-state index in [-0.39, 0.29) is 23.0 Å². The molecule has 7 heteroatoms. The number of hydrogen-bond donors (Lipinski definition) is 0. The minimum Gasteiger partial charge on any atom is -0.466 e. The highest BCUT2D eigenvalue weighted by Gasteiger charge is 2.30. The number of nitrogens with zero attached hydrogens (tertiary/aromatic N) is 2. The van der Waals surface area contributed by atoms with Crippen LogP contribution in [0.1, 0.15) is 26.2 Å². The van der Waals surface area contributed by atoms with E-state index in [1.807, 2.05) is 0 Å². The third-order valence-electron chi connectivity index (χ3n) is 3.83. The second-order valence-electron chi connectivity index (χ2n) is 5.28. The maximum Gasteiger partial charge on any atom is 0.310 e. The van der Waals surface area contributed by atoms with Gasteiger partial charge < -0.3 is 14.5 Å². The van der Waals surface area contributed by atoms with Gasteiger partial charge in [0.05, 0.1) is 12.5 Å². The summed E-state index contributed by atoms with van der Waals surface area (Å²) in [5.74, 6) is 0.420. The van der Waals surface area contributed by atoms with E-state index in [2.05, 4.69) is 0 Å². The van der Waals surface area contributed by atoms with Gasteiger partial charge >= 0.3 is 5.97 Å². The predicted octanol–water partition coefficient (Wildman–Crippen LogP) is 1.35. The molecule has 2 amide bonds. The molecular weight excluding hydrogens is 292 g/mol. The molecule has 118 valence electrons. The number of hydrogen-bond acceptors (Lipinski definition) is 5. The van der Waals surface area contributed by atoms with Crippen molar-refractivity contribution in [1.82, 2.24) is 9.80 Å². The Hall–Kier alpha value is -1.24. The second kappa shape index (κ2) is 7.68. The van der Waals surface area contributed by atoms with Crippen LogP contribution in [-0.2, 0) is 14.3 Å². The Balaban J connectivity index is 1.78. The van der Waals surface area contributed by atoms with Crippen LogP contribution in [-0.4, -0.2) is 65.5 Å². The van der Waals surface area contributed by atoms with Crippen LogP contribution < -0.4 is 0 Å². The van der Waals surface area contributed by atoms with E-state index in [4.69, 9.17) is 4.74 Å². The Morgan fingerprint density at radius 2 is 2.19 bits per heavy atom. The van der Waals surface area contributed by atoms with Gasteiger partial charge in [0.2, 0.25) is 5.91 Å². The molecule has 0 saturated carbocycles. The number of ether oxygens (including phenoxy) is 1. The number of esters is 1. The van der Waals surface area contributed by atoms with Gasteiger partial charge in [-0.1, -0.05) is 11.8 Å². The Morgan fingerprint density at radius 1 is 1.38 bits per heavy atom. The lowest BCUT2D eigenvalue weighted by atomic mass is 9.98. The molecule has 0 N–H and O–H groups in total. The van der Waals surface area contributed by atoms with E-state index in [1.165, 1.54) is 11.8 Å². The van der Waals surface area contributed by atoms with Crippen molar-refractivity contribution >= 4 is 28.9 Å². The SMILES string of the molecule is CCOC(=O)[C@@H]1CCCN(C(=O)CCN2CCSC2=O)C1. The molecule has 2 aliphatic heterocycles. The van der Waals surface area contributed by atoms with Gasteiger partial charge in [0.1, 0.15) is 0 Å². The molecule has 2 aliphatic rings. The van der Waals surface area contributed by atoms with Crippen molar-refractivity contribution < 1.29 is 19.1 Å². The zero-order valence-electron chi connectivity index (χ0n) is 12.4. The van der Waals surface area contributed by atoms with Crippen molar-refractivity contribution in [1.29, 1.82) is 0 Å². The Kier molecular flexibility index (Phi) is 5.90. The number of carbonyl (C=O) groups is 3. The average Bonchev–Trinajstić information content (AvgIpc) is 2.90. The summed E-state index contributed by atoms with van der Waals surface area (Å²) in [6.45, 7) is 4.50. The van der Waals surface area contributed by atoms with Gasteiger partial charge in [-0.15, -0.1) is 0 Å². The first-order valence-corrected chi connectivity index (χ1v) is 8.46. The molecule has 2 rings (SSSR count). The second-order valence-corrected chi connectivity index (χ2v) is 6.33. The molecule has 0 bridgehead atoms. The average molecular weight is 314 g/mol. The smallest absolute Gasteiger partial charge is 0.310 e. The van der Waals surface area contributed by atoms with Gasteiger partial charge in [-0.2, -0.15) is 0 Å². The van der Waals surface area contributed by atoms with Crippen LogP contribution in [0.3, 0.4) is 0 Å². The summed E-state index contributed by atoms with van der Waals surface area (Å²) in [5.41, 5.74) is 0. The van der Waals surface area contributed by atoms with Gasteiger partial charge in [-0.25, -0.2) is 0 Å². The molecule has 0 aromatic carbocycles. The zero-order valence-corrected chi connectivity index (χ0v) is 13.2. The van der Waals surface area contributed by atoms with E-state index in [1.54, 1.807) is 16.7 Å². The fraction of sp³-hybridized carbons (Fsp3) is 0.786. The van der Waals surface area contributed by atoms with E-state index >= 15 is 0 Å². The van der Waals surface area contributed by atoms with Crippen LogP contribution in [0.4, 0.5) is 4.79 Å². The first kappa shape index (κ1) is 16.1. The first-order valence-electron chi connectivity index (χ1n) is 7.48. The minimum absolute atomic E-state index is 0.0219. The molecule has 1 atom stereocenters. The fourth-order valence-corrected chi connectivity index (χ4v) is 3.53. The highest BCUT2D eigenvalue weighted by molar-refractivity contribution is 8.13. The number of rotatable bonds is 5. The molecule has 2 saturated heterocycles. The first-order chi connectivity index (χ1) is 10.1. The lowest BCUT2D eigenvalue weighted by Crippen LogP contribution is -2.43. The highest BCUT2D eigenvalue weighted by atomic mass is 32.2. The molecule has 0 spiro atoms. The van der Waals surface area contributed by atoms with Gasteiger partial charge in [0.25, 0.3) is 5.24 Å². The maximum atomic E-state index is 12.2. The largest absolute Gasteiger partial charge is 0.466 e. The topological polar surface area (TPSA) is 66.9 Å². The number of amides is 2. The molecule has 6 nitrogen and oxygen atoms in total. The normalized spacial score (nSPS) is 22.5. The summed E-state index contributed by atoms with van der Waals surface area (Å²) >= 11 is 1.30. The van der Waals surface area contributed by atoms with E-state index < -0.39 is 0 Å². The van der Waals surface area contributed by atoms with Crippen LogP contribution in [0.5, 0.6) is 0 Å². The van der Waals surface area contributed by atoms with E-state index in [0.717, 1.165) is 25.1 Å². The van der Waals surface area contributed by atoms with Gasteiger partial charge in [0, 0.05) is 38.4 Å². The molecule has 21 heavy (non-hydrogen) atoms. The molecule has 0 unspecified atom stereocenters. The van der Waals surface area contributed by atoms with Gasteiger partial charge in [-0.3, -0.25) is 14.4 Å². The quantitative estimate of drug-likeness (QED) is 0.717. The monoisotopic (exact) mass is 314 g/mol. The van der Waals surface area contributed by atoms with Crippen LogP contribution in [0.2, 0.25) is 0 Å². The van der Waals surface area contributed by atoms with Crippen LogP contribution in [0.15, 0.2) is 0 Å². The van der Waals surface area contributed by atoms with Crippen LogP contribution in [0.25, 0.3) is 0 Å². The summed E-state index contributed by atoms with van der Waals surface area (Å²) < 4.78 is 5.03. The Labute approximate surface area is 129 Å². The molecule has 0 radical (unpaired) electrons. The van der Waals surface area contributed by atoms with Crippen molar-refractivity contribution in [2.75, 3.05) is 38.5 Å². The minimum atomic E-state index is -0.207. The zero-order chi connectivity index (χ0) is 15.2. The number of thioether (sulfide) groups is 1. The molecular formula is C14H22N2O4S. The van der Waals surface area contributed by atoms with Crippen LogP contribution in [0, 0.1) is 5.92 Å². The molecule has 0 aromatic rings. The third-order valence-corrected chi connectivity index (χ3v) is 4.73. The summed E-state index contributed by atoms with van der Waals surface area (Å²) in [4.78, 5) is 38.9. The number of likely N-dealkylation sites (tertiary alicyclic amines) is 1. The van der Waals surface area contributed by atoms with Crippen molar-refractivity contribution in [2.24, 2.45) is 5.92 Å². The summed E-state index contributed by atoms with van der Waals surface area (Å²) in [7, 11) is 0. The maximum absolute atomic E-state index is 12.2. The Bertz CT molecular complexity index is 416. The van der Waals surface area contributed by atoms with Crippen molar-refractivity contribution in [3.8, 4) is 0 Å². The molecule has 0 aliphatic carbocycles. The van der Waals surface area contributed by atoms with Crippen molar-refractivity contribution in [3.05, 3.63) is 0 Å². The molecule has 0 aromatic heterocycles. The van der Waals surface area contributed by atoms with Crippen LogP contribution >= 0.6 is 11.8 Å². The fourth-order valence-electron chi connectivity index (χ4n) is 2.67. The summed E-state index contributed by atoms with van der Waals surface area (Å²) in [5, 5.41) is 0.0610. The van der Waals surface area contributed by atoms with Gasteiger partial charge in [-0.05, 0) is 19.8 Å². The number of piperidine rings is 1. The summed E-state index contributed by atoms with van der Waals surface area (Å²) in [6, 6.07) is 0. The lowest BCUT2D eigenvalue weighted by molar-refractivity contribution is -0.151. The molecule has 2 fully saturated rings. The van der Waals surface area contributed by atoms with E-state index in [9.17, 15) is 14.4 Å². The molecule has 2 heterocycles. The predicted molar refractivity (Wildman–Crippen MR) is 80.0 cm³/mol.